The van der Waals surface area contributed by atoms with Gasteiger partial charge in [0.05, 0.1) is 6.10 Å². The van der Waals surface area contributed by atoms with Gasteiger partial charge in [-0.05, 0) is 42.2 Å². The molecule has 1 N–H and O–H groups in total. The van der Waals surface area contributed by atoms with Crippen LogP contribution in [0.3, 0.4) is 0 Å². The minimum atomic E-state index is -0.194. The fourth-order valence-electron chi connectivity index (χ4n) is 1.67. The monoisotopic (exact) mass is 182 g/mol. The highest BCUT2D eigenvalue weighted by molar-refractivity contribution is 7.10. The van der Waals surface area contributed by atoms with Crippen molar-refractivity contribution in [3.05, 3.63) is 21.9 Å². The number of aliphatic hydroxyl groups excluding tert-OH is 1. The van der Waals surface area contributed by atoms with Crippen LogP contribution >= 0.6 is 11.3 Å². The maximum absolute atomic E-state index is 9.91. The van der Waals surface area contributed by atoms with Crippen LogP contribution in [-0.2, 0) is 0 Å². The SMILES string of the molecule is Cc1ccsc1C(O)C1CC1C. The Bertz CT molecular complexity index is 279. The fourth-order valence-corrected chi connectivity index (χ4v) is 2.66. The van der Waals surface area contributed by atoms with Gasteiger partial charge in [-0.1, -0.05) is 6.92 Å². The van der Waals surface area contributed by atoms with Crippen LogP contribution in [0, 0.1) is 18.8 Å². The van der Waals surface area contributed by atoms with Crippen molar-refractivity contribution >= 4 is 11.3 Å². The Kier molecular flexibility index (Phi) is 1.97. The van der Waals surface area contributed by atoms with Gasteiger partial charge in [-0.25, -0.2) is 0 Å². The van der Waals surface area contributed by atoms with E-state index in [1.807, 2.05) is 0 Å². The Balaban J connectivity index is 2.14. The zero-order chi connectivity index (χ0) is 8.72. The van der Waals surface area contributed by atoms with E-state index in [0.717, 1.165) is 5.92 Å². The Morgan fingerprint density at radius 3 is 2.75 bits per heavy atom. The Labute approximate surface area is 77.0 Å². The molecule has 0 radical (unpaired) electrons. The summed E-state index contributed by atoms with van der Waals surface area (Å²) in [6, 6.07) is 2.08. The molecule has 0 spiro atoms. The van der Waals surface area contributed by atoms with Crippen molar-refractivity contribution in [2.45, 2.75) is 26.4 Å². The summed E-state index contributed by atoms with van der Waals surface area (Å²) in [5.74, 6) is 1.25. The predicted molar refractivity (Wildman–Crippen MR) is 51.3 cm³/mol. The second-order valence-electron chi connectivity index (χ2n) is 3.79. The van der Waals surface area contributed by atoms with Crippen LogP contribution in [0.15, 0.2) is 11.4 Å². The van der Waals surface area contributed by atoms with Crippen molar-refractivity contribution < 1.29 is 5.11 Å². The molecule has 1 fully saturated rings. The molecule has 1 aliphatic rings. The first kappa shape index (κ1) is 8.27. The van der Waals surface area contributed by atoms with Crippen molar-refractivity contribution in [1.82, 2.24) is 0 Å². The summed E-state index contributed by atoms with van der Waals surface area (Å²) in [6.07, 6.45) is 0.999. The number of thiophene rings is 1. The number of hydrogen-bond acceptors (Lipinski definition) is 2. The molecule has 2 heteroatoms. The molecule has 12 heavy (non-hydrogen) atoms. The second-order valence-corrected chi connectivity index (χ2v) is 4.74. The number of hydrogen-bond donors (Lipinski definition) is 1. The number of rotatable bonds is 2. The van der Waals surface area contributed by atoms with E-state index in [2.05, 4.69) is 25.3 Å². The molecular weight excluding hydrogens is 168 g/mol. The van der Waals surface area contributed by atoms with Crippen molar-refractivity contribution in [2.24, 2.45) is 11.8 Å². The van der Waals surface area contributed by atoms with Gasteiger partial charge < -0.3 is 5.11 Å². The summed E-state index contributed by atoms with van der Waals surface area (Å²) < 4.78 is 0. The lowest BCUT2D eigenvalue weighted by Gasteiger charge is -2.08. The van der Waals surface area contributed by atoms with E-state index in [-0.39, 0.29) is 6.10 Å². The standard InChI is InChI=1S/C10H14OS/c1-6-3-4-12-10(6)9(11)8-5-7(8)2/h3-4,7-9,11H,5H2,1-2H3. The lowest BCUT2D eigenvalue weighted by molar-refractivity contribution is 0.151. The maximum atomic E-state index is 9.91. The molecule has 1 aromatic rings. The lowest BCUT2D eigenvalue weighted by Crippen LogP contribution is -1.99. The van der Waals surface area contributed by atoms with Crippen molar-refractivity contribution in [2.75, 3.05) is 0 Å². The summed E-state index contributed by atoms with van der Waals surface area (Å²) in [5.41, 5.74) is 1.24. The van der Waals surface area contributed by atoms with Crippen LogP contribution in [0.5, 0.6) is 0 Å². The Morgan fingerprint density at radius 2 is 2.33 bits per heavy atom. The maximum Gasteiger partial charge on any atom is 0.0915 e. The first-order valence-corrected chi connectivity index (χ1v) is 5.30. The summed E-state index contributed by atoms with van der Waals surface area (Å²) in [4.78, 5) is 1.17. The van der Waals surface area contributed by atoms with Gasteiger partial charge in [0.2, 0.25) is 0 Å². The lowest BCUT2D eigenvalue weighted by atomic mass is 10.1. The Hall–Kier alpha value is -0.340. The van der Waals surface area contributed by atoms with E-state index < -0.39 is 0 Å². The van der Waals surface area contributed by atoms with E-state index in [9.17, 15) is 5.11 Å². The summed E-state index contributed by atoms with van der Waals surface area (Å²) >= 11 is 1.68. The highest BCUT2D eigenvalue weighted by atomic mass is 32.1. The molecule has 0 aliphatic heterocycles. The van der Waals surface area contributed by atoms with Gasteiger partial charge >= 0.3 is 0 Å². The van der Waals surface area contributed by atoms with Gasteiger partial charge in [-0.2, -0.15) is 0 Å². The number of aliphatic hydroxyl groups is 1. The van der Waals surface area contributed by atoms with Crippen molar-refractivity contribution in [3.63, 3.8) is 0 Å². The average molecular weight is 182 g/mol. The van der Waals surface area contributed by atoms with Crippen LogP contribution in [0.1, 0.15) is 29.9 Å². The van der Waals surface area contributed by atoms with Gasteiger partial charge in [0.15, 0.2) is 0 Å². The minimum absolute atomic E-state index is 0.194. The fraction of sp³-hybridized carbons (Fsp3) is 0.600. The third-order valence-electron chi connectivity index (χ3n) is 2.75. The Morgan fingerprint density at radius 1 is 1.67 bits per heavy atom. The third-order valence-corrected chi connectivity index (χ3v) is 3.84. The van der Waals surface area contributed by atoms with Gasteiger partial charge in [-0.3, -0.25) is 0 Å². The van der Waals surface area contributed by atoms with Gasteiger partial charge in [0.1, 0.15) is 0 Å². The van der Waals surface area contributed by atoms with Crippen LogP contribution in [0.25, 0.3) is 0 Å². The predicted octanol–water partition coefficient (Wildman–Crippen LogP) is 2.75. The van der Waals surface area contributed by atoms with Crippen LogP contribution in [-0.4, -0.2) is 5.11 Å². The van der Waals surface area contributed by atoms with Crippen LogP contribution < -0.4 is 0 Å². The highest BCUT2D eigenvalue weighted by Crippen LogP contribution is 2.48. The smallest absolute Gasteiger partial charge is 0.0915 e. The quantitative estimate of drug-likeness (QED) is 0.745. The van der Waals surface area contributed by atoms with E-state index in [0.29, 0.717) is 5.92 Å². The molecule has 66 valence electrons. The second kappa shape index (κ2) is 2.86. The molecule has 0 saturated heterocycles. The molecule has 3 unspecified atom stereocenters. The molecule has 1 saturated carbocycles. The molecule has 1 aromatic heterocycles. The topological polar surface area (TPSA) is 20.2 Å². The molecule has 2 rings (SSSR count). The zero-order valence-electron chi connectivity index (χ0n) is 7.45. The van der Waals surface area contributed by atoms with Gasteiger partial charge in [0, 0.05) is 4.88 Å². The molecule has 1 aliphatic carbocycles. The summed E-state index contributed by atoms with van der Waals surface area (Å²) in [6.45, 7) is 4.28. The first-order valence-electron chi connectivity index (χ1n) is 4.42. The van der Waals surface area contributed by atoms with Gasteiger partial charge in [0.25, 0.3) is 0 Å². The van der Waals surface area contributed by atoms with Crippen molar-refractivity contribution in [3.8, 4) is 0 Å². The first-order chi connectivity index (χ1) is 5.70. The summed E-state index contributed by atoms with van der Waals surface area (Å²) in [5, 5.41) is 12.0. The van der Waals surface area contributed by atoms with Gasteiger partial charge in [-0.15, -0.1) is 11.3 Å². The van der Waals surface area contributed by atoms with E-state index in [1.165, 1.54) is 16.9 Å². The highest BCUT2D eigenvalue weighted by Gasteiger charge is 2.40. The van der Waals surface area contributed by atoms with E-state index in [4.69, 9.17) is 0 Å². The molecule has 1 heterocycles. The van der Waals surface area contributed by atoms with Crippen LogP contribution in [0.4, 0.5) is 0 Å². The summed E-state index contributed by atoms with van der Waals surface area (Å²) in [7, 11) is 0. The van der Waals surface area contributed by atoms with Crippen molar-refractivity contribution in [1.29, 1.82) is 0 Å². The largest absolute Gasteiger partial charge is 0.387 e. The average Bonchev–Trinajstić information content (AvgIpc) is 2.59. The molecular formula is C10H14OS. The molecule has 0 aromatic carbocycles. The number of aryl methyl sites for hydroxylation is 1. The molecule has 1 nitrogen and oxygen atoms in total. The van der Waals surface area contributed by atoms with E-state index >= 15 is 0 Å². The van der Waals surface area contributed by atoms with E-state index in [1.54, 1.807) is 11.3 Å². The normalized spacial score (nSPS) is 30.2. The molecule has 0 bridgehead atoms. The zero-order valence-corrected chi connectivity index (χ0v) is 8.27. The molecule has 0 amide bonds. The minimum Gasteiger partial charge on any atom is -0.387 e. The van der Waals surface area contributed by atoms with Crippen LogP contribution in [0.2, 0.25) is 0 Å². The molecule has 3 atom stereocenters. The third kappa shape index (κ3) is 1.29.